The summed E-state index contributed by atoms with van der Waals surface area (Å²) >= 11 is 13.8. The Morgan fingerprint density at radius 1 is 1.20 bits per heavy atom. The summed E-state index contributed by atoms with van der Waals surface area (Å²) in [7, 11) is 0. The van der Waals surface area contributed by atoms with Crippen molar-refractivity contribution in [3.8, 4) is 6.07 Å². The summed E-state index contributed by atoms with van der Waals surface area (Å²) in [5, 5.41) is 12.4. The Labute approximate surface area is 139 Å². The van der Waals surface area contributed by atoms with Crippen molar-refractivity contribution in [3.05, 3.63) is 61.1 Å². The minimum absolute atomic E-state index is 0.258. The smallest absolute Gasteiger partial charge is 0.256 e. The third kappa shape index (κ3) is 3.42. The van der Waals surface area contributed by atoms with Gasteiger partial charge in [-0.05, 0) is 59.0 Å². The average Bonchev–Trinajstić information content (AvgIpc) is 2.38. The Morgan fingerprint density at radius 2 is 1.95 bits per heavy atom. The highest BCUT2D eigenvalue weighted by Crippen LogP contribution is 2.22. The van der Waals surface area contributed by atoms with Gasteiger partial charge < -0.3 is 5.32 Å². The van der Waals surface area contributed by atoms with Crippen LogP contribution in [-0.4, -0.2) is 5.91 Å². The Kier molecular flexibility index (Phi) is 4.86. The Morgan fingerprint density at radius 3 is 2.55 bits per heavy atom. The molecule has 2 aromatic carbocycles. The topological polar surface area (TPSA) is 52.9 Å². The number of halogens is 3. The van der Waals surface area contributed by atoms with E-state index in [1.807, 2.05) is 28.7 Å². The molecule has 1 amide bonds. The van der Waals surface area contributed by atoms with E-state index in [0.717, 1.165) is 3.57 Å². The molecule has 0 atom stereocenters. The van der Waals surface area contributed by atoms with Crippen LogP contribution in [0.3, 0.4) is 0 Å². The fourth-order valence-corrected chi connectivity index (χ4v) is 2.89. The molecule has 100 valence electrons. The summed E-state index contributed by atoms with van der Waals surface area (Å²) in [5.74, 6) is -0.258. The maximum atomic E-state index is 12.1. The zero-order chi connectivity index (χ0) is 14.7. The number of hydrogen-bond donors (Lipinski definition) is 1. The molecule has 0 saturated heterocycles. The minimum Gasteiger partial charge on any atom is -0.322 e. The number of nitrogens with zero attached hydrogens (tertiary/aromatic N) is 1. The molecule has 0 aliphatic heterocycles. The number of amides is 1. The van der Waals surface area contributed by atoms with Gasteiger partial charge in [0.15, 0.2) is 0 Å². The molecule has 0 spiro atoms. The first kappa shape index (κ1) is 15.1. The first-order chi connectivity index (χ1) is 9.51. The van der Waals surface area contributed by atoms with Crippen LogP contribution in [0.5, 0.6) is 0 Å². The second kappa shape index (κ2) is 6.44. The largest absolute Gasteiger partial charge is 0.322 e. The number of anilines is 1. The number of carbonyl (C=O) groups excluding carboxylic acids is 1. The molecule has 1 N–H and O–H groups in total. The zero-order valence-electron chi connectivity index (χ0n) is 9.95. The fourth-order valence-electron chi connectivity index (χ4n) is 1.56. The molecular formula is C14H7Cl2IN2O. The van der Waals surface area contributed by atoms with E-state index in [1.54, 1.807) is 36.4 Å². The molecule has 0 fully saturated rings. The number of rotatable bonds is 2. The number of nitriles is 1. The molecule has 0 aliphatic rings. The normalized spacial score (nSPS) is 9.90. The van der Waals surface area contributed by atoms with E-state index in [9.17, 15) is 4.79 Å². The first-order valence-corrected chi connectivity index (χ1v) is 7.31. The predicted octanol–water partition coefficient (Wildman–Crippen LogP) is 4.72. The standard InChI is InChI=1S/C14H7Cl2IN2O/c15-9-2-4-11(13(17)5-9)14(20)19-10-3-1-8(7-18)12(16)6-10/h1-6H,(H,19,20). The molecule has 20 heavy (non-hydrogen) atoms. The van der Waals surface area contributed by atoms with Crippen LogP contribution >= 0.6 is 45.8 Å². The van der Waals surface area contributed by atoms with Crippen molar-refractivity contribution in [2.24, 2.45) is 0 Å². The van der Waals surface area contributed by atoms with Crippen molar-refractivity contribution in [2.45, 2.75) is 0 Å². The van der Waals surface area contributed by atoms with Gasteiger partial charge in [-0.3, -0.25) is 4.79 Å². The molecule has 0 radical (unpaired) electrons. The van der Waals surface area contributed by atoms with Gasteiger partial charge in [-0.25, -0.2) is 0 Å². The molecular weight excluding hydrogens is 410 g/mol. The van der Waals surface area contributed by atoms with Crippen LogP contribution in [0.15, 0.2) is 36.4 Å². The summed E-state index contributed by atoms with van der Waals surface area (Å²) < 4.78 is 0.757. The van der Waals surface area contributed by atoms with Crippen molar-refractivity contribution in [3.63, 3.8) is 0 Å². The van der Waals surface area contributed by atoms with Gasteiger partial charge in [-0.1, -0.05) is 23.2 Å². The Bertz CT molecular complexity index is 726. The van der Waals surface area contributed by atoms with Crippen molar-refractivity contribution in [2.75, 3.05) is 5.32 Å². The summed E-state index contributed by atoms with van der Waals surface area (Å²) in [4.78, 5) is 12.1. The zero-order valence-corrected chi connectivity index (χ0v) is 13.6. The SMILES string of the molecule is N#Cc1ccc(NC(=O)c2ccc(Cl)cc2I)cc1Cl. The quantitative estimate of drug-likeness (QED) is 0.720. The Hall–Kier alpha value is -1.29. The Balaban J connectivity index is 2.24. The summed E-state index contributed by atoms with van der Waals surface area (Å²) in [6, 6.07) is 11.7. The van der Waals surface area contributed by atoms with E-state index in [-0.39, 0.29) is 5.91 Å². The van der Waals surface area contributed by atoms with E-state index in [2.05, 4.69) is 5.32 Å². The third-order valence-electron chi connectivity index (χ3n) is 2.52. The van der Waals surface area contributed by atoms with Crippen LogP contribution in [0.25, 0.3) is 0 Å². The van der Waals surface area contributed by atoms with Crippen LogP contribution in [0.2, 0.25) is 10.0 Å². The predicted molar refractivity (Wildman–Crippen MR) is 88.3 cm³/mol. The lowest BCUT2D eigenvalue weighted by Gasteiger charge is -2.08. The molecule has 0 aliphatic carbocycles. The average molecular weight is 417 g/mol. The molecule has 0 aromatic heterocycles. The van der Waals surface area contributed by atoms with Crippen LogP contribution in [-0.2, 0) is 0 Å². The molecule has 3 nitrogen and oxygen atoms in total. The number of carbonyl (C=O) groups is 1. The van der Waals surface area contributed by atoms with Gasteiger partial charge in [0.05, 0.1) is 16.1 Å². The molecule has 0 bridgehead atoms. The highest BCUT2D eigenvalue weighted by atomic mass is 127. The molecule has 2 aromatic rings. The third-order valence-corrected chi connectivity index (χ3v) is 3.96. The monoisotopic (exact) mass is 416 g/mol. The van der Waals surface area contributed by atoms with E-state index >= 15 is 0 Å². The fraction of sp³-hybridized carbons (Fsp3) is 0. The van der Waals surface area contributed by atoms with Crippen molar-refractivity contribution in [1.29, 1.82) is 5.26 Å². The van der Waals surface area contributed by atoms with Gasteiger partial charge in [0.25, 0.3) is 5.91 Å². The lowest BCUT2D eigenvalue weighted by Crippen LogP contribution is -2.13. The van der Waals surface area contributed by atoms with Gasteiger partial charge in [0, 0.05) is 14.3 Å². The maximum absolute atomic E-state index is 12.1. The minimum atomic E-state index is -0.258. The van der Waals surface area contributed by atoms with Crippen LogP contribution in [0.4, 0.5) is 5.69 Å². The van der Waals surface area contributed by atoms with E-state index in [0.29, 0.717) is 26.9 Å². The second-order valence-electron chi connectivity index (χ2n) is 3.88. The molecule has 0 heterocycles. The van der Waals surface area contributed by atoms with E-state index in [4.69, 9.17) is 28.5 Å². The number of hydrogen-bond acceptors (Lipinski definition) is 2. The number of nitrogens with one attached hydrogen (secondary N) is 1. The molecule has 0 saturated carbocycles. The van der Waals surface area contributed by atoms with Gasteiger partial charge in [0.1, 0.15) is 6.07 Å². The van der Waals surface area contributed by atoms with Crippen molar-refractivity contribution >= 4 is 57.4 Å². The van der Waals surface area contributed by atoms with E-state index in [1.165, 1.54) is 0 Å². The molecule has 0 unspecified atom stereocenters. The first-order valence-electron chi connectivity index (χ1n) is 5.47. The summed E-state index contributed by atoms with van der Waals surface area (Å²) in [6.45, 7) is 0. The summed E-state index contributed by atoms with van der Waals surface area (Å²) in [5.41, 5.74) is 1.42. The van der Waals surface area contributed by atoms with E-state index < -0.39 is 0 Å². The van der Waals surface area contributed by atoms with Gasteiger partial charge in [-0.2, -0.15) is 5.26 Å². The highest BCUT2D eigenvalue weighted by Gasteiger charge is 2.11. The molecule has 2 rings (SSSR count). The van der Waals surface area contributed by atoms with Crippen LogP contribution < -0.4 is 5.32 Å². The summed E-state index contributed by atoms with van der Waals surface area (Å²) in [6.07, 6.45) is 0. The van der Waals surface area contributed by atoms with Gasteiger partial charge in [0.2, 0.25) is 0 Å². The highest BCUT2D eigenvalue weighted by molar-refractivity contribution is 14.1. The second-order valence-corrected chi connectivity index (χ2v) is 5.89. The lowest BCUT2D eigenvalue weighted by atomic mass is 10.2. The van der Waals surface area contributed by atoms with Crippen LogP contribution in [0.1, 0.15) is 15.9 Å². The van der Waals surface area contributed by atoms with Gasteiger partial charge in [-0.15, -0.1) is 0 Å². The lowest BCUT2D eigenvalue weighted by molar-refractivity contribution is 0.102. The van der Waals surface area contributed by atoms with Crippen molar-refractivity contribution < 1.29 is 4.79 Å². The van der Waals surface area contributed by atoms with Gasteiger partial charge >= 0.3 is 0 Å². The number of benzene rings is 2. The van der Waals surface area contributed by atoms with Crippen LogP contribution in [0, 0.1) is 14.9 Å². The van der Waals surface area contributed by atoms with Crippen molar-refractivity contribution in [1.82, 2.24) is 0 Å². The molecule has 6 heteroatoms. The maximum Gasteiger partial charge on any atom is 0.256 e.